The van der Waals surface area contributed by atoms with Crippen molar-refractivity contribution in [3.8, 4) is 0 Å². The zero-order valence-corrected chi connectivity index (χ0v) is 18.5. The number of imidazole rings is 1. The minimum absolute atomic E-state index is 0. The highest BCUT2D eigenvalue weighted by Crippen LogP contribution is 2.14. The van der Waals surface area contributed by atoms with E-state index in [1.165, 1.54) is 6.33 Å². The third-order valence-corrected chi connectivity index (χ3v) is 4.27. The van der Waals surface area contributed by atoms with Gasteiger partial charge in [-0.3, -0.25) is 9.59 Å². The van der Waals surface area contributed by atoms with Crippen molar-refractivity contribution in [2.75, 3.05) is 26.2 Å². The zero-order valence-electron chi connectivity index (χ0n) is 17.8. The summed E-state index contributed by atoms with van der Waals surface area (Å²) in [7, 11) is 0. The number of ether oxygens (including phenoxy) is 1. The van der Waals surface area contributed by atoms with Gasteiger partial charge in [-0.2, -0.15) is 0 Å². The van der Waals surface area contributed by atoms with Crippen LogP contribution in [0.15, 0.2) is 6.33 Å². The van der Waals surface area contributed by atoms with Crippen LogP contribution in [0.25, 0.3) is 0 Å². The van der Waals surface area contributed by atoms with Gasteiger partial charge in [-0.05, 0) is 33.1 Å². The third-order valence-electron chi connectivity index (χ3n) is 4.27. The van der Waals surface area contributed by atoms with Crippen molar-refractivity contribution in [1.29, 1.82) is 0 Å². The predicted molar refractivity (Wildman–Crippen MR) is 103 cm³/mol. The molecule has 2 heterocycles. The molecule has 1 aliphatic heterocycles. The Bertz CT molecular complexity index is 708. The molecule has 1 saturated heterocycles. The normalized spacial score (nSPS) is 15.4. The maximum absolute atomic E-state index is 12.8. The average molecular weight is 430 g/mol. The first-order valence-corrected chi connectivity index (χ1v) is 9.76. The average Bonchev–Trinajstić information content (AvgIpc) is 3.09. The highest BCUT2D eigenvalue weighted by atomic mass is 35.5. The second-order valence-electron chi connectivity index (χ2n) is 8.47. The van der Waals surface area contributed by atoms with Gasteiger partial charge in [0.2, 0.25) is 0 Å². The van der Waals surface area contributed by atoms with E-state index in [0.717, 1.165) is 13.1 Å². The lowest BCUT2D eigenvalue weighted by Gasteiger charge is -2.26. The number of aromatic amines is 1. The van der Waals surface area contributed by atoms with Gasteiger partial charge in [0.05, 0.1) is 32.5 Å². The Labute approximate surface area is 177 Å². The summed E-state index contributed by atoms with van der Waals surface area (Å²) in [6.07, 6.45) is 1.75. The number of quaternary nitrogens is 1. The molecule has 1 aliphatic rings. The molecule has 0 spiro atoms. The van der Waals surface area contributed by atoms with E-state index in [1.807, 2.05) is 13.8 Å². The fraction of sp³-hybridized carbons (Fsp3) is 0.684. The molecule has 1 atom stereocenters. The Hall–Kier alpha value is -2.13. The van der Waals surface area contributed by atoms with Crippen LogP contribution in [-0.4, -0.2) is 70.5 Å². The van der Waals surface area contributed by atoms with Crippen molar-refractivity contribution >= 4 is 17.8 Å². The van der Waals surface area contributed by atoms with E-state index >= 15 is 0 Å². The largest absolute Gasteiger partial charge is 1.00 e. The highest BCUT2D eigenvalue weighted by Gasteiger charge is 2.31. The van der Waals surface area contributed by atoms with Crippen LogP contribution < -0.4 is 23.0 Å². The molecule has 0 bridgehead atoms. The van der Waals surface area contributed by atoms with Gasteiger partial charge in [0, 0.05) is 0 Å². The van der Waals surface area contributed by atoms with Crippen molar-refractivity contribution in [3.63, 3.8) is 0 Å². The topological polar surface area (TPSA) is 121 Å². The van der Waals surface area contributed by atoms with Crippen LogP contribution in [0.4, 0.5) is 0 Å². The second-order valence-corrected chi connectivity index (χ2v) is 8.47. The number of piperazine rings is 1. The lowest BCUT2D eigenvalue weighted by Crippen LogP contribution is -3.00. The molecule has 1 aromatic rings. The van der Waals surface area contributed by atoms with Crippen LogP contribution in [0.2, 0.25) is 0 Å². The van der Waals surface area contributed by atoms with Gasteiger partial charge < -0.3 is 37.7 Å². The molecule has 0 aliphatic carbocycles. The molecule has 0 saturated carbocycles. The minimum Gasteiger partial charge on any atom is -1.00 e. The number of hydrogen-bond donors (Lipinski definition) is 3. The number of hydrogen-bond acceptors (Lipinski definition) is 5. The van der Waals surface area contributed by atoms with E-state index in [0.29, 0.717) is 19.5 Å². The van der Waals surface area contributed by atoms with Crippen molar-refractivity contribution in [2.24, 2.45) is 5.92 Å². The summed E-state index contributed by atoms with van der Waals surface area (Å²) >= 11 is 0. The molecular weight excluding hydrogens is 398 g/mol. The molecule has 1 aromatic heterocycles. The first-order chi connectivity index (χ1) is 13.1. The number of rotatable bonds is 6. The molecule has 29 heavy (non-hydrogen) atoms. The van der Waals surface area contributed by atoms with Crippen LogP contribution in [0, 0.1) is 5.92 Å². The number of carbonyl (C=O) groups excluding carboxylic acids is 3. The van der Waals surface area contributed by atoms with Gasteiger partial charge in [-0.25, -0.2) is 9.78 Å². The van der Waals surface area contributed by atoms with Gasteiger partial charge in [0.1, 0.15) is 17.3 Å². The molecule has 9 nitrogen and oxygen atoms in total. The van der Waals surface area contributed by atoms with E-state index in [1.54, 1.807) is 25.7 Å². The fourth-order valence-electron chi connectivity index (χ4n) is 3.03. The Morgan fingerprint density at radius 1 is 1.28 bits per heavy atom. The van der Waals surface area contributed by atoms with Gasteiger partial charge in [0.15, 0.2) is 5.69 Å². The smallest absolute Gasteiger partial charge is 0.329 e. The van der Waals surface area contributed by atoms with E-state index < -0.39 is 23.5 Å². The summed E-state index contributed by atoms with van der Waals surface area (Å²) in [5, 5.41) is 4.84. The highest BCUT2D eigenvalue weighted by molar-refractivity contribution is 6.05. The monoisotopic (exact) mass is 429 g/mol. The summed E-state index contributed by atoms with van der Waals surface area (Å²) in [6, 6.07) is -0.809. The number of carbonyl (C=O) groups is 3. The SMILES string of the molecule is CC(C)C[C@H](NC(=O)c1nc[nH]c1C(=O)N1CC[NH2+]CC1)C(=O)OC(C)(C)C.[Cl-]. The predicted octanol–water partition coefficient (Wildman–Crippen LogP) is -3.08. The van der Waals surface area contributed by atoms with Gasteiger partial charge in [0.25, 0.3) is 11.8 Å². The maximum atomic E-state index is 12.8. The number of nitrogens with zero attached hydrogens (tertiary/aromatic N) is 2. The second kappa shape index (κ2) is 10.6. The number of amides is 2. The van der Waals surface area contributed by atoms with E-state index in [4.69, 9.17) is 4.74 Å². The van der Waals surface area contributed by atoms with Gasteiger partial charge >= 0.3 is 5.97 Å². The molecule has 4 N–H and O–H groups in total. The Kier molecular flexibility index (Phi) is 9.10. The third kappa shape index (κ3) is 7.32. The molecule has 164 valence electrons. The molecule has 0 radical (unpaired) electrons. The van der Waals surface area contributed by atoms with Crippen LogP contribution >= 0.6 is 0 Å². The van der Waals surface area contributed by atoms with E-state index in [-0.39, 0.29) is 35.6 Å². The summed E-state index contributed by atoms with van der Waals surface area (Å²) in [5.74, 6) is -1.15. The summed E-state index contributed by atoms with van der Waals surface area (Å²) in [4.78, 5) is 46.6. The molecule has 2 rings (SSSR count). The first-order valence-electron chi connectivity index (χ1n) is 9.76. The molecule has 0 aromatic carbocycles. The Morgan fingerprint density at radius 3 is 2.45 bits per heavy atom. The molecule has 2 amide bonds. The van der Waals surface area contributed by atoms with E-state index in [2.05, 4.69) is 20.6 Å². The molecule has 0 unspecified atom stereocenters. The van der Waals surface area contributed by atoms with Crippen molar-refractivity contribution < 1.29 is 36.8 Å². The number of aromatic nitrogens is 2. The molecule has 10 heteroatoms. The number of nitrogens with one attached hydrogen (secondary N) is 2. The van der Waals surface area contributed by atoms with Crippen LogP contribution in [-0.2, 0) is 9.53 Å². The van der Waals surface area contributed by atoms with Crippen LogP contribution in [0.3, 0.4) is 0 Å². The quantitative estimate of drug-likeness (QED) is 0.414. The van der Waals surface area contributed by atoms with Crippen LogP contribution in [0.1, 0.15) is 62.0 Å². The molecule has 1 fully saturated rings. The van der Waals surface area contributed by atoms with Gasteiger partial charge in [-0.1, -0.05) is 13.8 Å². The number of H-pyrrole nitrogens is 1. The van der Waals surface area contributed by atoms with Crippen molar-refractivity contribution in [2.45, 2.75) is 52.7 Å². The van der Waals surface area contributed by atoms with E-state index in [9.17, 15) is 14.4 Å². The molecular formula is C19H32ClN5O4. The lowest BCUT2D eigenvalue weighted by atomic mass is 10.0. The number of halogens is 1. The van der Waals surface area contributed by atoms with Crippen molar-refractivity contribution in [1.82, 2.24) is 20.2 Å². The lowest BCUT2D eigenvalue weighted by molar-refractivity contribution is -0.661. The fourth-order valence-corrected chi connectivity index (χ4v) is 3.03. The zero-order chi connectivity index (χ0) is 20.9. The Morgan fingerprint density at radius 2 is 1.90 bits per heavy atom. The summed E-state index contributed by atoms with van der Waals surface area (Å²) in [6.45, 7) is 12.1. The number of esters is 1. The Balaban J connectivity index is 0.00000420. The minimum atomic E-state index is -0.809. The van der Waals surface area contributed by atoms with Crippen molar-refractivity contribution in [3.05, 3.63) is 17.7 Å². The summed E-state index contributed by atoms with van der Waals surface area (Å²) < 4.78 is 5.43. The number of nitrogens with two attached hydrogens (primary N) is 1. The first kappa shape index (κ1) is 24.9. The standard InChI is InChI=1S/C19H31N5O4.ClH/c1-12(2)10-13(18(27)28-19(3,4)5)23-16(25)14-15(22-11-21-14)17(26)24-8-6-20-7-9-24;/h11-13,20H,6-10H2,1-5H3,(H,21,22)(H,23,25);1H/t13-;/m0./s1. The maximum Gasteiger partial charge on any atom is 0.329 e. The van der Waals surface area contributed by atoms with Crippen LogP contribution in [0.5, 0.6) is 0 Å². The van der Waals surface area contributed by atoms with Gasteiger partial charge in [-0.15, -0.1) is 0 Å². The summed E-state index contributed by atoms with van der Waals surface area (Å²) in [5.41, 5.74) is -0.515.